The van der Waals surface area contributed by atoms with E-state index in [0.29, 0.717) is 11.3 Å². The summed E-state index contributed by atoms with van der Waals surface area (Å²) in [6, 6.07) is 0. The van der Waals surface area contributed by atoms with E-state index < -0.39 is 0 Å². The summed E-state index contributed by atoms with van der Waals surface area (Å²) >= 11 is 0. The van der Waals surface area contributed by atoms with Crippen LogP contribution >= 0.6 is 0 Å². The molecule has 0 spiro atoms. The zero-order valence-electron chi connectivity index (χ0n) is 8.46. The second-order valence-electron chi connectivity index (χ2n) is 4.69. The molecular formula is C11H16O2. The van der Waals surface area contributed by atoms with Crippen molar-refractivity contribution in [2.45, 2.75) is 26.7 Å². The van der Waals surface area contributed by atoms with Crippen LogP contribution in [-0.4, -0.2) is 13.1 Å². The van der Waals surface area contributed by atoms with Crippen LogP contribution in [0.15, 0.2) is 11.6 Å². The molecule has 2 bridgehead atoms. The van der Waals surface area contributed by atoms with Gasteiger partial charge in [-0.25, -0.2) is 4.79 Å². The second kappa shape index (κ2) is 2.60. The van der Waals surface area contributed by atoms with Gasteiger partial charge in [0.15, 0.2) is 0 Å². The number of allylic oxidation sites excluding steroid dienone is 1. The van der Waals surface area contributed by atoms with Gasteiger partial charge in [0.1, 0.15) is 0 Å². The van der Waals surface area contributed by atoms with Crippen LogP contribution in [0.25, 0.3) is 0 Å². The molecule has 1 fully saturated rings. The largest absolute Gasteiger partial charge is 0.466 e. The van der Waals surface area contributed by atoms with E-state index in [9.17, 15) is 4.79 Å². The van der Waals surface area contributed by atoms with Crippen LogP contribution in [0.2, 0.25) is 0 Å². The average molecular weight is 180 g/mol. The Morgan fingerprint density at radius 3 is 2.77 bits per heavy atom. The summed E-state index contributed by atoms with van der Waals surface area (Å²) in [7, 11) is 1.46. The SMILES string of the molecule is COC(=O)C1=CC[C@H]2C[C@@H]1C2(C)C. The molecule has 0 aromatic heterocycles. The molecule has 0 amide bonds. The summed E-state index contributed by atoms with van der Waals surface area (Å²) in [6.07, 6.45) is 4.29. The molecule has 3 aliphatic carbocycles. The molecule has 0 unspecified atom stereocenters. The molecule has 0 saturated heterocycles. The molecule has 2 heteroatoms. The molecule has 0 aromatic carbocycles. The predicted molar refractivity (Wildman–Crippen MR) is 50.1 cm³/mol. The molecule has 2 nitrogen and oxygen atoms in total. The van der Waals surface area contributed by atoms with Crippen LogP contribution in [0.3, 0.4) is 0 Å². The number of rotatable bonds is 1. The van der Waals surface area contributed by atoms with Crippen molar-refractivity contribution >= 4 is 5.97 Å². The zero-order chi connectivity index (χ0) is 9.64. The topological polar surface area (TPSA) is 26.3 Å². The smallest absolute Gasteiger partial charge is 0.333 e. The summed E-state index contributed by atoms with van der Waals surface area (Å²) in [6.45, 7) is 4.50. The van der Waals surface area contributed by atoms with Crippen molar-refractivity contribution in [3.8, 4) is 0 Å². The summed E-state index contributed by atoms with van der Waals surface area (Å²) in [4.78, 5) is 11.4. The molecule has 0 aromatic rings. The third kappa shape index (κ3) is 1.04. The molecule has 3 aliphatic rings. The molecular weight excluding hydrogens is 164 g/mol. The lowest BCUT2D eigenvalue weighted by Crippen LogP contribution is -2.49. The maximum Gasteiger partial charge on any atom is 0.333 e. The van der Waals surface area contributed by atoms with Gasteiger partial charge < -0.3 is 4.74 Å². The Bertz CT molecular complexity index is 276. The van der Waals surface area contributed by atoms with Gasteiger partial charge in [-0.2, -0.15) is 0 Å². The zero-order valence-corrected chi connectivity index (χ0v) is 8.46. The fourth-order valence-electron chi connectivity index (χ4n) is 2.70. The number of methoxy groups -OCH3 is 1. The van der Waals surface area contributed by atoms with Gasteiger partial charge in [-0.1, -0.05) is 19.9 Å². The second-order valence-corrected chi connectivity index (χ2v) is 4.69. The van der Waals surface area contributed by atoms with Crippen molar-refractivity contribution < 1.29 is 9.53 Å². The van der Waals surface area contributed by atoms with E-state index in [1.165, 1.54) is 13.5 Å². The Morgan fingerprint density at radius 1 is 1.62 bits per heavy atom. The van der Waals surface area contributed by atoms with Crippen LogP contribution in [0.5, 0.6) is 0 Å². The Labute approximate surface area is 79.0 Å². The van der Waals surface area contributed by atoms with Crippen LogP contribution < -0.4 is 0 Å². The lowest BCUT2D eigenvalue weighted by molar-refractivity contribution is -0.140. The van der Waals surface area contributed by atoms with Crippen molar-refractivity contribution in [2.75, 3.05) is 7.11 Å². The first-order valence-electron chi connectivity index (χ1n) is 4.85. The Morgan fingerprint density at radius 2 is 2.31 bits per heavy atom. The number of esters is 1. The van der Waals surface area contributed by atoms with Gasteiger partial charge >= 0.3 is 5.97 Å². The molecule has 0 radical (unpaired) electrons. The van der Waals surface area contributed by atoms with Gasteiger partial charge in [0.25, 0.3) is 0 Å². The normalized spacial score (nSPS) is 34.5. The van der Waals surface area contributed by atoms with E-state index >= 15 is 0 Å². The fraction of sp³-hybridized carbons (Fsp3) is 0.727. The van der Waals surface area contributed by atoms with Crippen LogP contribution in [0.4, 0.5) is 0 Å². The van der Waals surface area contributed by atoms with E-state index in [4.69, 9.17) is 4.74 Å². The quantitative estimate of drug-likeness (QED) is 0.578. The highest BCUT2D eigenvalue weighted by atomic mass is 16.5. The third-order valence-electron chi connectivity index (χ3n) is 3.89. The highest BCUT2D eigenvalue weighted by Crippen LogP contribution is 2.59. The molecule has 0 aliphatic heterocycles. The van der Waals surface area contributed by atoms with Gasteiger partial charge in [0, 0.05) is 5.57 Å². The minimum absolute atomic E-state index is 0.128. The highest BCUT2D eigenvalue weighted by Gasteiger charge is 2.52. The Kier molecular flexibility index (Phi) is 1.76. The Hall–Kier alpha value is -0.790. The average Bonchev–Trinajstić information content (AvgIpc) is 2.16. The van der Waals surface area contributed by atoms with Gasteiger partial charge in [-0.05, 0) is 30.1 Å². The fourth-order valence-corrected chi connectivity index (χ4v) is 2.70. The lowest BCUT2D eigenvalue weighted by atomic mass is 9.49. The summed E-state index contributed by atoms with van der Waals surface area (Å²) in [5, 5.41) is 0. The van der Waals surface area contributed by atoms with E-state index in [-0.39, 0.29) is 5.97 Å². The van der Waals surface area contributed by atoms with Crippen LogP contribution in [0, 0.1) is 17.3 Å². The Balaban J connectivity index is 2.23. The van der Waals surface area contributed by atoms with Crippen molar-refractivity contribution in [3.63, 3.8) is 0 Å². The van der Waals surface area contributed by atoms with E-state index in [2.05, 4.69) is 19.9 Å². The maximum atomic E-state index is 11.4. The third-order valence-corrected chi connectivity index (χ3v) is 3.89. The van der Waals surface area contributed by atoms with E-state index in [1.54, 1.807) is 0 Å². The number of carbonyl (C=O) groups excluding carboxylic acids is 1. The molecule has 3 rings (SSSR count). The molecule has 1 saturated carbocycles. The number of hydrogen-bond acceptors (Lipinski definition) is 2. The minimum Gasteiger partial charge on any atom is -0.466 e. The maximum absolute atomic E-state index is 11.4. The standard InChI is InChI=1S/C11H16O2/c1-11(2)7-4-5-8(9(11)6-7)10(12)13-3/h5,7,9H,4,6H2,1-3H3/t7-,9-/m0/s1. The first kappa shape index (κ1) is 8.79. The van der Waals surface area contributed by atoms with Crippen LogP contribution in [-0.2, 0) is 9.53 Å². The molecule has 0 heterocycles. The number of ether oxygens (including phenoxy) is 1. The monoisotopic (exact) mass is 180 g/mol. The molecule has 0 N–H and O–H groups in total. The van der Waals surface area contributed by atoms with Crippen LogP contribution in [0.1, 0.15) is 26.7 Å². The number of hydrogen-bond donors (Lipinski definition) is 0. The number of carbonyl (C=O) groups is 1. The first-order valence-corrected chi connectivity index (χ1v) is 4.85. The predicted octanol–water partition coefficient (Wildman–Crippen LogP) is 2.15. The van der Waals surface area contributed by atoms with E-state index in [1.807, 2.05) is 0 Å². The highest BCUT2D eigenvalue weighted by molar-refractivity contribution is 5.89. The number of fused-ring (bicyclic) bond motifs is 1. The summed E-state index contributed by atoms with van der Waals surface area (Å²) < 4.78 is 4.77. The molecule has 2 atom stereocenters. The van der Waals surface area contributed by atoms with Crippen molar-refractivity contribution in [2.24, 2.45) is 17.3 Å². The van der Waals surface area contributed by atoms with Gasteiger partial charge in [0.05, 0.1) is 7.11 Å². The van der Waals surface area contributed by atoms with Gasteiger partial charge in [-0.3, -0.25) is 0 Å². The van der Waals surface area contributed by atoms with Crippen molar-refractivity contribution in [1.29, 1.82) is 0 Å². The van der Waals surface area contributed by atoms with Crippen molar-refractivity contribution in [3.05, 3.63) is 11.6 Å². The molecule has 13 heavy (non-hydrogen) atoms. The molecule has 72 valence electrons. The summed E-state index contributed by atoms with van der Waals surface area (Å²) in [5.41, 5.74) is 1.23. The van der Waals surface area contributed by atoms with Gasteiger partial charge in [0.2, 0.25) is 0 Å². The van der Waals surface area contributed by atoms with Gasteiger partial charge in [-0.15, -0.1) is 0 Å². The van der Waals surface area contributed by atoms with Crippen molar-refractivity contribution in [1.82, 2.24) is 0 Å². The first-order chi connectivity index (χ1) is 6.07. The minimum atomic E-state index is -0.128. The summed E-state index contributed by atoms with van der Waals surface area (Å²) in [5.74, 6) is 1.10. The lowest BCUT2D eigenvalue weighted by Gasteiger charge is -2.55. The van der Waals surface area contributed by atoms with E-state index in [0.717, 1.165) is 17.9 Å².